The number of amides is 1. The third-order valence-electron chi connectivity index (χ3n) is 5.36. The number of rotatable bonds is 6. The fraction of sp³-hybridized carbons (Fsp3) is 0.364. The van der Waals surface area contributed by atoms with E-state index in [-0.39, 0.29) is 24.7 Å². The van der Waals surface area contributed by atoms with Crippen molar-refractivity contribution in [1.82, 2.24) is 4.90 Å². The van der Waals surface area contributed by atoms with Gasteiger partial charge in [-0.15, -0.1) is 0 Å². The zero-order valence-corrected chi connectivity index (χ0v) is 16.6. The van der Waals surface area contributed by atoms with Crippen LogP contribution in [0.4, 0.5) is 0 Å². The van der Waals surface area contributed by atoms with Crippen LogP contribution in [0.2, 0.25) is 5.02 Å². The van der Waals surface area contributed by atoms with Gasteiger partial charge < -0.3 is 19.2 Å². The molecule has 1 atom stereocenters. The molecule has 3 aliphatic rings. The van der Waals surface area contributed by atoms with Gasteiger partial charge in [-0.1, -0.05) is 28.9 Å². The lowest BCUT2D eigenvalue weighted by Gasteiger charge is -2.25. The third-order valence-corrected chi connectivity index (χ3v) is 5.60. The van der Waals surface area contributed by atoms with Crippen molar-refractivity contribution in [2.75, 3.05) is 13.3 Å². The Morgan fingerprint density at radius 3 is 2.83 bits per heavy atom. The Bertz CT molecular complexity index is 973. The molecule has 2 heterocycles. The van der Waals surface area contributed by atoms with E-state index >= 15 is 0 Å². The van der Waals surface area contributed by atoms with E-state index in [0.717, 1.165) is 41.2 Å². The van der Waals surface area contributed by atoms with Gasteiger partial charge in [0.15, 0.2) is 17.6 Å². The van der Waals surface area contributed by atoms with Crippen molar-refractivity contribution in [3.8, 4) is 11.5 Å². The van der Waals surface area contributed by atoms with E-state index < -0.39 is 0 Å². The Balaban J connectivity index is 1.27. The molecule has 5 rings (SSSR count). The maximum Gasteiger partial charge on any atom is 0.231 e. The van der Waals surface area contributed by atoms with Gasteiger partial charge in [0.1, 0.15) is 0 Å². The smallest absolute Gasteiger partial charge is 0.231 e. The second-order valence-corrected chi connectivity index (χ2v) is 8.10. The topological polar surface area (TPSA) is 60.4 Å². The van der Waals surface area contributed by atoms with Crippen LogP contribution in [0, 0.1) is 5.92 Å². The lowest BCUT2D eigenvalue weighted by atomic mass is 10.0. The Labute approximate surface area is 174 Å². The monoisotopic (exact) mass is 412 g/mol. The molecule has 1 aliphatic carbocycles. The van der Waals surface area contributed by atoms with Crippen LogP contribution < -0.4 is 9.47 Å². The minimum atomic E-state index is -0.169. The van der Waals surface area contributed by atoms with Crippen molar-refractivity contribution >= 4 is 23.2 Å². The predicted octanol–water partition coefficient (Wildman–Crippen LogP) is 4.00. The van der Waals surface area contributed by atoms with E-state index in [4.69, 9.17) is 25.9 Å². The van der Waals surface area contributed by atoms with E-state index in [1.807, 2.05) is 47.4 Å². The number of oxime groups is 1. The van der Waals surface area contributed by atoms with Crippen LogP contribution in [0.5, 0.6) is 11.5 Å². The Kier molecular flexibility index (Phi) is 4.79. The maximum atomic E-state index is 12.8. The molecule has 0 bridgehead atoms. The molecule has 1 fully saturated rings. The van der Waals surface area contributed by atoms with Gasteiger partial charge in [-0.05, 0) is 48.7 Å². The van der Waals surface area contributed by atoms with E-state index in [1.165, 1.54) is 0 Å². The van der Waals surface area contributed by atoms with Crippen LogP contribution >= 0.6 is 11.6 Å². The van der Waals surface area contributed by atoms with Gasteiger partial charge in [0, 0.05) is 29.5 Å². The van der Waals surface area contributed by atoms with Crippen LogP contribution in [0.25, 0.3) is 0 Å². The highest BCUT2D eigenvalue weighted by Crippen LogP contribution is 2.34. The van der Waals surface area contributed by atoms with Crippen molar-refractivity contribution in [3.63, 3.8) is 0 Å². The fourth-order valence-corrected chi connectivity index (χ4v) is 3.91. The number of carbonyl (C=O) groups excluding carboxylic acids is 1. The van der Waals surface area contributed by atoms with Gasteiger partial charge in [-0.25, -0.2) is 0 Å². The molecule has 0 aromatic heterocycles. The molecule has 1 amide bonds. The normalized spacial score (nSPS) is 19.6. The number of halogens is 1. The summed E-state index contributed by atoms with van der Waals surface area (Å²) in [5.41, 5.74) is 2.82. The minimum absolute atomic E-state index is 0.143. The average molecular weight is 413 g/mol. The first kappa shape index (κ1) is 18.3. The molecule has 0 N–H and O–H groups in total. The van der Waals surface area contributed by atoms with Crippen molar-refractivity contribution in [2.45, 2.75) is 31.9 Å². The SMILES string of the molecule is O=C(C1CC1)N(Cc1cccc(Cl)c1)C[C@H]1CC(c2ccc3c(c2)OCO3)=NO1. The van der Waals surface area contributed by atoms with E-state index in [9.17, 15) is 4.79 Å². The summed E-state index contributed by atoms with van der Waals surface area (Å²) in [5, 5.41) is 4.94. The Morgan fingerprint density at radius 1 is 1.14 bits per heavy atom. The largest absolute Gasteiger partial charge is 0.454 e. The summed E-state index contributed by atoms with van der Waals surface area (Å²) in [7, 11) is 0. The summed E-state index contributed by atoms with van der Waals surface area (Å²) in [6.07, 6.45) is 2.41. The zero-order valence-electron chi connectivity index (χ0n) is 15.8. The first-order valence-electron chi connectivity index (χ1n) is 9.81. The molecular formula is C22H21ClN2O4. The highest BCUT2D eigenvalue weighted by molar-refractivity contribution is 6.30. The van der Waals surface area contributed by atoms with E-state index in [1.54, 1.807) is 0 Å². The van der Waals surface area contributed by atoms with Crippen LogP contribution in [-0.4, -0.2) is 36.0 Å². The number of ether oxygens (including phenoxy) is 2. The van der Waals surface area contributed by atoms with Crippen molar-refractivity contribution in [2.24, 2.45) is 11.1 Å². The number of benzene rings is 2. The second kappa shape index (κ2) is 7.59. The van der Waals surface area contributed by atoms with Crippen LogP contribution in [0.15, 0.2) is 47.6 Å². The van der Waals surface area contributed by atoms with Crippen molar-refractivity contribution < 1.29 is 19.1 Å². The number of carbonyl (C=O) groups is 1. The van der Waals surface area contributed by atoms with Gasteiger partial charge in [-0.2, -0.15) is 0 Å². The first-order chi connectivity index (χ1) is 14.2. The summed E-state index contributed by atoms with van der Waals surface area (Å²) < 4.78 is 10.8. The molecule has 150 valence electrons. The van der Waals surface area contributed by atoms with E-state index in [0.29, 0.717) is 24.5 Å². The maximum absolute atomic E-state index is 12.8. The molecule has 0 saturated heterocycles. The van der Waals surface area contributed by atoms with Crippen LogP contribution in [0.3, 0.4) is 0 Å². The number of hydrogen-bond donors (Lipinski definition) is 0. The van der Waals surface area contributed by atoms with Crippen LogP contribution in [0.1, 0.15) is 30.4 Å². The summed E-state index contributed by atoms with van der Waals surface area (Å²) in [4.78, 5) is 20.4. The molecule has 0 radical (unpaired) electrons. The van der Waals surface area contributed by atoms with E-state index in [2.05, 4.69) is 5.16 Å². The highest BCUT2D eigenvalue weighted by atomic mass is 35.5. The molecule has 0 unspecified atom stereocenters. The molecule has 1 saturated carbocycles. The summed E-state index contributed by atoms with van der Waals surface area (Å²) >= 11 is 6.11. The Hall–Kier alpha value is -2.73. The molecule has 2 aromatic rings. The van der Waals surface area contributed by atoms with Gasteiger partial charge >= 0.3 is 0 Å². The lowest BCUT2D eigenvalue weighted by molar-refractivity contribution is -0.135. The van der Waals surface area contributed by atoms with Crippen molar-refractivity contribution in [1.29, 1.82) is 0 Å². The average Bonchev–Trinajstić information content (AvgIpc) is 3.28. The molecule has 7 heteroatoms. The zero-order chi connectivity index (χ0) is 19.8. The van der Waals surface area contributed by atoms with Gasteiger partial charge in [-0.3, -0.25) is 4.79 Å². The summed E-state index contributed by atoms with van der Waals surface area (Å²) in [6.45, 7) is 1.26. The minimum Gasteiger partial charge on any atom is -0.454 e. The lowest BCUT2D eigenvalue weighted by Crippen LogP contribution is -2.38. The fourth-order valence-electron chi connectivity index (χ4n) is 3.70. The number of hydrogen-bond acceptors (Lipinski definition) is 5. The molecule has 6 nitrogen and oxygen atoms in total. The molecule has 2 aromatic carbocycles. The molecule has 29 heavy (non-hydrogen) atoms. The number of nitrogens with zero attached hydrogens (tertiary/aromatic N) is 2. The summed E-state index contributed by atoms with van der Waals surface area (Å²) in [5.74, 6) is 1.79. The first-order valence-corrected chi connectivity index (χ1v) is 10.2. The predicted molar refractivity (Wildman–Crippen MR) is 108 cm³/mol. The quantitative estimate of drug-likeness (QED) is 0.719. The third kappa shape index (κ3) is 4.03. The van der Waals surface area contributed by atoms with Crippen LogP contribution in [-0.2, 0) is 16.2 Å². The standard InChI is InChI=1S/C22H21ClN2O4/c23-17-3-1-2-14(8-17)11-25(22(26)15-4-5-15)12-18-10-19(24-29-18)16-6-7-20-21(9-16)28-13-27-20/h1-3,6-9,15,18H,4-5,10-13H2/t18-/m1/s1. The van der Waals surface area contributed by atoms with Gasteiger partial charge in [0.25, 0.3) is 0 Å². The molecular weight excluding hydrogens is 392 g/mol. The Morgan fingerprint density at radius 2 is 2.00 bits per heavy atom. The van der Waals surface area contributed by atoms with Gasteiger partial charge in [0.05, 0.1) is 12.3 Å². The summed E-state index contributed by atoms with van der Waals surface area (Å²) in [6, 6.07) is 13.4. The molecule has 2 aliphatic heterocycles. The van der Waals surface area contributed by atoms with Gasteiger partial charge in [0.2, 0.25) is 12.7 Å². The van der Waals surface area contributed by atoms with Crippen molar-refractivity contribution in [3.05, 3.63) is 58.6 Å². The second-order valence-electron chi connectivity index (χ2n) is 7.66. The highest BCUT2D eigenvalue weighted by Gasteiger charge is 2.35. The molecule has 0 spiro atoms. The number of fused-ring (bicyclic) bond motifs is 1.